The molecule has 0 amide bonds. The highest BCUT2D eigenvalue weighted by Crippen LogP contribution is 2.00. The number of rotatable bonds is 7. The van der Waals surface area contributed by atoms with Crippen LogP contribution in [0, 0.1) is 5.92 Å². The predicted octanol–water partition coefficient (Wildman–Crippen LogP) is 0.0661. The van der Waals surface area contributed by atoms with Gasteiger partial charge in [0.25, 0.3) is 0 Å². The van der Waals surface area contributed by atoms with Crippen molar-refractivity contribution in [3.05, 3.63) is 0 Å². The van der Waals surface area contributed by atoms with Crippen LogP contribution in [0.5, 0.6) is 0 Å². The fraction of sp³-hybridized carbons (Fsp3) is 1.00. The van der Waals surface area contributed by atoms with E-state index < -0.39 is 9.84 Å². The first-order chi connectivity index (χ1) is 6.02. The third kappa shape index (κ3) is 6.98. The third-order valence-corrected chi connectivity index (χ3v) is 3.46. The van der Waals surface area contributed by atoms with Crippen LogP contribution in [0.1, 0.15) is 13.8 Å². The molecule has 0 saturated carbocycles. The van der Waals surface area contributed by atoms with Crippen molar-refractivity contribution in [1.29, 1.82) is 0 Å². The average Bonchev–Trinajstić information content (AvgIpc) is 2.03. The van der Waals surface area contributed by atoms with Gasteiger partial charge in [-0.2, -0.15) is 0 Å². The van der Waals surface area contributed by atoms with E-state index in [-0.39, 0.29) is 30.6 Å². The Hall–Kier alpha value is -0.130. The fourth-order valence-corrected chi connectivity index (χ4v) is 2.41. The van der Waals surface area contributed by atoms with Crippen LogP contribution < -0.4 is 0 Å². The standard InChI is InChI=1S/C8H18O4S/c1-3-12-4-5-13(10,11)7-8(2)6-9/h8-9H,3-7H2,1-2H3. The maximum absolute atomic E-state index is 11.3. The molecule has 0 aromatic heterocycles. The first kappa shape index (κ1) is 12.9. The highest BCUT2D eigenvalue weighted by Gasteiger charge is 2.14. The molecule has 0 radical (unpaired) electrons. The molecule has 4 nitrogen and oxygen atoms in total. The van der Waals surface area contributed by atoms with Crippen LogP contribution in [0.25, 0.3) is 0 Å². The molecule has 13 heavy (non-hydrogen) atoms. The summed E-state index contributed by atoms with van der Waals surface area (Å²) in [5.74, 6) is -0.103. The van der Waals surface area contributed by atoms with Crippen LogP contribution in [0.2, 0.25) is 0 Å². The van der Waals surface area contributed by atoms with Gasteiger partial charge in [0.15, 0.2) is 9.84 Å². The summed E-state index contributed by atoms with van der Waals surface area (Å²) in [6, 6.07) is 0. The highest BCUT2D eigenvalue weighted by molar-refractivity contribution is 7.91. The summed E-state index contributed by atoms with van der Waals surface area (Å²) in [7, 11) is -3.05. The second-order valence-corrected chi connectivity index (χ2v) is 5.33. The highest BCUT2D eigenvalue weighted by atomic mass is 32.2. The number of hydrogen-bond acceptors (Lipinski definition) is 4. The van der Waals surface area contributed by atoms with Crippen LogP contribution >= 0.6 is 0 Å². The molecule has 0 heterocycles. The Morgan fingerprint density at radius 2 is 2.08 bits per heavy atom. The summed E-state index contributed by atoms with van der Waals surface area (Å²) in [6.07, 6.45) is 0. The number of aliphatic hydroxyl groups is 1. The Labute approximate surface area is 79.8 Å². The summed E-state index contributed by atoms with van der Waals surface area (Å²) >= 11 is 0. The second-order valence-electron chi connectivity index (χ2n) is 3.10. The van der Waals surface area contributed by atoms with Crippen LogP contribution in [0.3, 0.4) is 0 Å². The first-order valence-corrected chi connectivity index (χ1v) is 6.23. The van der Waals surface area contributed by atoms with E-state index in [1.165, 1.54) is 0 Å². The van der Waals surface area contributed by atoms with E-state index in [4.69, 9.17) is 9.84 Å². The van der Waals surface area contributed by atoms with Crippen molar-refractivity contribution < 1.29 is 18.3 Å². The lowest BCUT2D eigenvalue weighted by Crippen LogP contribution is -2.21. The SMILES string of the molecule is CCOCCS(=O)(=O)CC(C)CO. The molecular formula is C8H18O4S. The van der Waals surface area contributed by atoms with Crippen molar-refractivity contribution in [1.82, 2.24) is 0 Å². The van der Waals surface area contributed by atoms with E-state index in [1.54, 1.807) is 6.92 Å². The van der Waals surface area contributed by atoms with Gasteiger partial charge in [-0.15, -0.1) is 0 Å². The fourth-order valence-electron chi connectivity index (χ4n) is 0.900. The summed E-state index contributed by atoms with van der Waals surface area (Å²) in [6.45, 7) is 4.22. The van der Waals surface area contributed by atoms with Gasteiger partial charge in [-0.05, 0) is 12.8 Å². The molecule has 0 aliphatic rings. The minimum absolute atomic E-state index is 0.0383. The number of aliphatic hydroxyl groups excluding tert-OH is 1. The van der Waals surface area contributed by atoms with Crippen molar-refractivity contribution in [2.45, 2.75) is 13.8 Å². The molecule has 0 aromatic rings. The number of hydrogen-bond donors (Lipinski definition) is 1. The lowest BCUT2D eigenvalue weighted by Gasteiger charge is -2.08. The minimum atomic E-state index is -3.05. The molecule has 1 atom stereocenters. The van der Waals surface area contributed by atoms with Gasteiger partial charge < -0.3 is 9.84 Å². The van der Waals surface area contributed by atoms with Crippen LogP contribution in [0.4, 0.5) is 0 Å². The predicted molar refractivity (Wildman–Crippen MR) is 51.4 cm³/mol. The van der Waals surface area contributed by atoms with Crippen molar-refractivity contribution >= 4 is 9.84 Å². The number of ether oxygens (including phenoxy) is 1. The monoisotopic (exact) mass is 210 g/mol. The Balaban J connectivity index is 3.81. The molecule has 0 spiro atoms. The van der Waals surface area contributed by atoms with E-state index in [2.05, 4.69) is 0 Å². The zero-order valence-electron chi connectivity index (χ0n) is 8.19. The molecule has 0 aliphatic carbocycles. The molecule has 0 saturated heterocycles. The molecule has 0 bridgehead atoms. The van der Waals surface area contributed by atoms with Gasteiger partial charge in [0, 0.05) is 13.2 Å². The Morgan fingerprint density at radius 3 is 2.54 bits per heavy atom. The van der Waals surface area contributed by atoms with Gasteiger partial charge in [0.2, 0.25) is 0 Å². The first-order valence-electron chi connectivity index (χ1n) is 4.41. The van der Waals surface area contributed by atoms with E-state index >= 15 is 0 Å². The van der Waals surface area contributed by atoms with Gasteiger partial charge in [-0.25, -0.2) is 8.42 Å². The van der Waals surface area contributed by atoms with E-state index in [1.807, 2.05) is 6.92 Å². The van der Waals surface area contributed by atoms with E-state index in [0.29, 0.717) is 6.61 Å². The molecule has 80 valence electrons. The largest absolute Gasteiger partial charge is 0.396 e. The van der Waals surface area contributed by atoms with Gasteiger partial charge >= 0.3 is 0 Å². The second kappa shape index (κ2) is 6.34. The van der Waals surface area contributed by atoms with Crippen LogP contribution in [-0.4, -0.2) is 44.9 Å². The van der Waals surface area contributed by atoms with Gasteiger partial charge in [-0.1, -0.05) is 6.92 Å². The number of sulfone groups is 1. The summed E-state index contributed by atoms with van der Waals surface area (Å²) < 4.78 is 27.5. The zero-order valence-corrected chi connectivity index (χ0v) is 9.01. The van der Waals surface area contributed by atoms with E-state index in [0.717, 1.165) is 0 Å². The maximum Gasteiger partial charge on any atom is 0.152 e. The van der Waals surface area contributed by atoms with Crippen LogP contribution in [-0.2, 0) is 14.6 Å². The van der Waals surface area contributed by atoms with Crippen molar-refractivity contribution in [3.8, 4) is 0 Å². The van der Waals surface area contributed by atoms with Gasteiger partial charge in [0.1, 0.15) is 0 Å². The Kier molecular flexibility index (Phi) is 6.28. The van der Waals surface area contributed by atoms with Crippen molar-refractivity contribution in [3.63, 3.8) is 0 Å². The quantitative estimate of drug-likeness (QED) is 0.604. The Morgan fingerprint density at radius 1 is 1.46 bits per heavy atom. The molecule has 1 N–H and O–H groups in total. The normalized spacial score (nSPS) is 14.4. The smallest absolute Gasteiger partial charge is 0.152 e. The molecule has 1 unspecified atom stereocenters. The summed E-state index contributed by atoms with van der Waals surface area (Å²) in [5, 5.41) is 8.67. The summed E-state index contributed by atoms with van der Waals surface area (Å²) in [5.41, 5.74) is 0. The maximum atomic E-state index is 11.3. The molecule has 5 heteroatoms. The third-order valence-electron chi connectivity index (χ3n) is 1.59. The van der Waals surface area contributed by atoms with Gasteiger partial charge in [-0.3, -0.25) is 0 Å². The van der Waals surface area contributed by atoms with E-state index in [9.17, 15) is 8.42 Å². The molecule has 0 aliphatic heterocycles. The van der Waals surface area contributed by atoms with Crippen molar-refractivity contribution in [2.75, 3.05) is 31.3 Å². The molecule has 0 aromatic carbocycles. The van der Waals surface area contributed by atoms with Crippen LogP contribution in [0.15, 0.2) is 0 Å². The molecule has 0 rings (SSSR count). The van der Waals surface area contributed by atoms with Crippen molar-refractivity contribution in [2.24, 2.45) is 5.92 Å². The summed E-state index contributed by atoms with van der Waals surface area (Å²) in [4.78, 5) is 0. The molecular weight excluding hydrogens is 192 g/mol. The zero-order chi connectivity index (χ0) is 10.3. The lowest BCUT2D eigenvalue weighted by molar-refractivity contribution is 0.163. The average molecular weight is 210 g/mol. The Bertz CT molecular complexity index is 210. The lowest BCUT2D eigenvalue weighted by atomic mass is 10.2. The molecule has 0 fully saturated rings. The van der Waals surface area contributed by atoms with Gasteiger partial charge in [0.05, 0.1) is 18.1 Å². The minimum Gasteiger partial charge on any atom is -0.396 e. The topological polar surface area (TPSA) is 63.6 Å².